The van der Waals surface area contributed by atoms with E-state index in [4.69, 9.17) is 9.52 Å². The predicted molar refractivity (Wildman–Crippen MR) is 44.9 cm³/mol. The summed E-state index contributed by atoms with van der Waals surface area (Å²) in [4.78, 5) is 10.5. The van der Waals surface area contributed by atoms with Crippen LogP contribution < -0.4 is 0 Å². The molecule has 0 spiro atoms. The number of aliphatic carboxylic acids is 1. The van der Waals surface area contributed by atoms with Gasteiger partial charge in [0, 0.05) is 6.42 Å². The van der Waals surface area contributed by atoms with E-state index in [2.05, 4.69) is 10.2 Å². The number of rotatable bonds is 2. The van der Waals surface area contributed by atoms with Crippen LogP contribution in [0.25, 0.3) is 0 Å². The second-order valence-corrected chi connectivity index (χ2v) is 2.55. The summed E-state index contributed by atoms with van der Waals surface area (Å²) < 4.78 is 5.05. The molecule has 5 nitrogen and oxygen atoms in total. The molecule has 1 N–H and O–H groups in total. The Morgan fingerprint density at radius 1 is 1.54 bits per heavy atom. The summed E-state index contributed by atoms with van der Waals surface area (Å²) in [5.41, 5.74) is 0.605. The van der Waals surface area contributed by atoms with Crippen molar-refractivity contribution in [1.82, 2.24) is 0 Å². The molecule has 0 saturated carbocycles. The van der Waals surface area contributed by atoms with Gasteiger partial charge in [-0.1, -0.05) is 0 Å². The lowest BCUT2D eigenvalue weighted by atomic mass is 10.1. The first kappa shape index (κ1) is 7.72. The van der Waals surface area contributed by atoms with Crippen molar-refractivity contribution < 1.29 is 14.3 Å². The molecule has 0 fully saturated rings. The zero-order chi connectivity index (χ0) is 9.26. The second kappa shape index (κ2) is 2.85. The maximum Gasteiger partial charge on any atom is 0.352 e. The third-order valence-electron chi connectivity index (χ3n) is 1.68. The van der Waals surface area contributed by atoms with Crippen LogP contribution in [0.2, 0.25) is 0 Å². The number of carboxylic acid groups (broad SMARTS) is 1. The first-order chi connectivity index (χ1) is 6.27. The predicted octanol–water partition coefficient (Wildman–Crippen LogP) is 0.913. The van der Waals surface area contributed by atoms with Crippen LogP contribution in [0.3, 0.4) is 0 Å². The van der Waals surface area contributed by atoms with Crippen molar-refractivity contribution in [2.24, 2.45) is 10.2 Å². The van der Waals surface area contributed by atoms with Crippen LogP contribution >= 0.6 is 0 Å². The Morgan fingerprint density at radius 3 is 2.92 bits per heavy atom. The van der Waals surface area contributed by atoms with E-state index >= 15 is 0 Å². The highest BCUT2D eigenvalue weighted by Gasteiger charge is 2.21. The van der Waals surface area contributed by atoms with E-state index in [-0.39, 0.29) is 12.1 Å². The average molecular weight is 178 g/mol. The molecule has 0 unspecified atom stereocenters. The minimum absolute atomic E-state index is 0.0476. The fraction of sp³-hybridized carbons (Fsp3) is 0.125. The van der Waals surface area contributed by atoms with Crippen LogP contribution in [0.1, 0.15) is 12.2 Å². The Labute approximate surface area is 73.4 Å². The van der Waals surface area contributed by atoms with E-state index in [0.717, 1.165) is 0 Å². The van der Waals surface area contributed by atoms with Gasteiger partial charge in [-0.2, -0.15) is 5.10 Å². The lowest BCUT2D eigenvalue weighted by Crippen LogP contribution is -2.13. The van der Waals surface area contributed by atoms with Gasteiger partial charge >= 0.3 is 5.97 Å². The summed E-state index contributed by atoms with van der Waals surface area (Å²) in [6.45, 7) is 0. The van der Waals surface area contributed by atoms with Gasteiger partial charge < -0.3 is 9.52 Å². The summed E-state index contributed by atoms with van der Waals surface area (Å²) in [6.07, 6.45) is 1.74. The van der Waals surface area contributed by atoms with Crippen LogP contribution in [-0.2, 0) is 4.79 Å². The summed E-state index contributed by atoms with van der Waals surface area (Å²) in [5, 5.41) is 15.8. The maximum absolute atomic E-state index is 10.5. The van der Waals surface area contributed by atoms with Crippen molar-refractivity contribution in [2.75, 3.05) is 0 Å². The molecule has 13 heavy (non-hydrogen) atoms. The molecule has 0 saturated heterocycles. The smallest absolute Gasteiger partial charge is 0.352 e. The fourth-order valence-corrected chi connectivity index (χ4v) is 1.05. The SMILES string of the molecule is O=C(O)C1=NN=C(c2ccco2)C1. The minimum atomic E-state index is -1.04. The Hall–Kier alpha value is -1.91. The zero-order valence-electron chi connectivity index (χ0n) is 6.60. The summed E-state index contributed by atoms with van der Waals surface area (Å²) >= 11 is 0. The molecular weight excluding hydrogens is 172 g/mol. The summed E-state index contributed by atoms with van der Waals surface area (Å²) in [7, 11) is 0. The second-order valence-electron chi connectivity index (χ2n) is 2.55. The minimum Gasteiger partial charge on any atom is -0.477 e. The van der Waals surface area contributed by atoms with E-state index in [1.165, 1.54) is 6.26 Å². The van der Waals surface area contributed by atoms with Gasteiger partial charge in [-0.15, -0.1) is 5.10 Å². The zero-order valence-corrected chi connectivity index (χ0v) is 6.60. The first-order valence-electron chi connectivity index (χ1n) is 3.68. The Kier molecular flexibility index (Phi) is 1.70. The third-order valence-corrected chi connectivity index (χ3v) is 1.68. The van der Waals surface area contributed by atoms with Crippen LogP contribution in [0.4, 0.5) is 0 Å². The molecular formula is C8H6N2O3. The fourth-order valence-electron chi connectivity index (χ4n) is 1.05. The molecule has 1 aliphatic rings. The van der Waals surface area contributed by atoms with E-state index in [1.807, 2.05) is 0 Å². The molecule has 0 amide bonds. The first-order valence-corrected chi connectivity index (χ1v) is 3.68. The van der Waals surface area contributed by atoms with Crippen molar-refractivity contribution in [1.29, 1.82) is 0 Å². The lowest BCUT2D eigenvalue weighted by molar-refractivity contribution is -0.129. The largest absolute Gasteiger partial charge is 0.477 e. The number of carbonyl (C=O) groups is 1. The average Bonchev–Trinajstić information content (AvgIpc) is 2.75. The number of carboxylic acids is 1. The van der Waals surface area contributed by atoms with Gasteiger partial charge in [0.25, 0.3) is 0 Å². The number of furan rings is 1. The molecule has 0 bridgehead atoms. The topological polar surface area (TPSA) is 75.2 Å². The van der Waals surface area contributed by atoms with Gasteiger partial charge in [0.2, 0.25) is 0 Å². The Balaban J connectivity index is 2.15. The molecule has 2 rings (SSSR count). The Bertz CT molecular complexity index is 390. The van der Waals surface area contributed by atoms with Crippen LogP contribution in [0.5, 0.6) is 0 Å². The van der Waals surface area contributed by atoms with Crippen molar-refractivity contribution in [2.45, 2.75) is 6.42 Å². The summed E-state index contributed by atoms with van der Waals surface area (Å²) in [6, 6.07) is 3.44. The van der Waals surface area contributed by atoms with Gasteiger partial charge in [0.05, 0.1) is 6.26 Å². The highest BCUT2D eigenvalue weighted by Crippen LogP contribution is 2.11. The lowest BCUT2D eigenvalue weighted by Gasteiger charge is -1.92. The van der Waals surface area contributed by atoms with Crippen LogP contribution in [-0.4, -0.2) is 22.5 Å². The van der Waals surface area contributed by atoms with Gasteiger partial charge in [-0.3, -0.25) is 0 Å². The standard InChI is InChI=1S/C8H6N2O3/c11-8(12)6-4-5(9-10-6)7-2-1-3-13-7/h1-3H,4H2,(H,11,12). The van der Waals surface area contributed by atoms with Gasteiger partial charge in [-0.25, -0.2) is 4.79 Å². The number of hydrogen-bond acceptors (Lipinski definition) is 4. The van der Waals surface area contributed by atoms with Gasteiger partial charge in [0.15, 0.2) is 5.71 Å². The van der Waals surface area contributed by atoms with E-state index in [0.29, 0.717) is 11.5 Å². The summed E-state index contributed by atoms with van der Waals surface area (Å²) in [5.74, 6) is -0.467. The van der Waals surface area contributed by atoms with E-state index < -0.39 is 5.97 Å². The van der Waals surface area contributed by atoms with Crippen LogP contribution in [0, 0.1) is 0 Å². The van der Waals surface area contributed by atoms with Gasteiger partial charge in [-0.05, 0) is 12.1 Å². The molecule has 1 aliphatic heterocycles. The van der Waals surface area contributed by atoms with E-state index in [9.17, 15) is 4.79 Å². The molecule has 0 radical (unpaired) electrons. The van der Waals surface area contributed by atoms with Gasteiger partial charge in [0.1, 0.15) is 11.5 Å². The van der Waals surface area contributed by atoms with E-state index in [1.54, 1.807) is 12.1 Å². The van der Waals surface area contributed by atoms with Crippen molar-refractivity contribution in [3.8, 4) is 0 Å². The number of hydrogen-bond donors (Lipinski definition) is 1. The molecule has 2 heterocycles. The normalized spacial score (nSPS) is 15.4. The highest BCUT2D eigenvalue weighted by atomic mass is 16.4. The molecule has 0 aliphatic carbocycles. The Morgan fingerprint density at radius 2 is 2.38 bits per heavy atom. The highest BCUT2D eigenvalue weighted by molar-refractivity contribution is 6.41. The van der Waals surface area contributed by atoms with Crippen LogP contribution in [0.15, 0.2) is 33.0 Å². The monoisotopic (exact) mass is 178 g/mol. The van der Waals surface area contributed by atoms with Crippen molar-refractivity contribution >= 4 is 17.4 Å². The molecule has 5 heteroatoms. The molecule has 0 atom stereocenters. The van der Waals surface area contributed by atoms with Crippen molar-refractivity contribution in [3.05, 3.63) is 24.2 Å². The third kappa shape index (κ3) is 1.35. The quantitative estimate of drug-likeness (QED) is 0.731. The number of nitrogens with zero attached hydrogens (tertiary/aromatic N) is 2. The maximum atomic E-state index is 10.5. The molecule has 1 aromatic rings. The van der Waals surface area contributed by atoms with Crippen molar-refractivity contribution in [3.63, 3.8) is 0 Å². The molecule has 66 valence electrons. The molecule has 1 aromatic heterocycles. The molecule has 0 aromatic carbocycles.